The molecule has 1 aromatic carbocycles. The first-order chi connectivity index (χ1) is 9.69. The molecule has 0 aliphatic carbocycles. The third kappa shape index (κ3) is 4.30. The number of rotatable bonds is 7. The Hall–Kier alpha value is -1.43. The highest BCUT2D eigenvalue weighted by Gasteiger charge is 2.06. The Bertz CT molecular complexity index is 559. The van der Waals surface area contributed by atoms with E-state index in [0.29, 0.717) is 24.6 Å². The van der Waals surface area contributed by atoms with Crippen LogP contribution in [0.15, 0.2) is 24.4 Å². The molecule has 0 saturated carbocycles. The maximum atomic E-state index is 13.0. The van der Waals surface area contributed by atoms with Crippen molar-refractivity contribution < 1.29 is 9.13 Å². The first-order valence-corrected chi connectivity index (χ1v) is 6.73. The fourth-order valence-corrected chi connectivity index (χ4v) is 2.06. The minimum atomic E-state index is -0.332. The fourth-order valence-electron chi connectivity index (χ4n) is 1.83. The summed E-state index contributed by atoms with van der Waals surface area (Å²) in [6, 6.07) is 4.39. The third-order valence-electron chi connectivity index (χ3n) is 2.85. The molecule has 108 valence electrons. The maximum Gasteiger partial charge on any atom is 0.124 e. The van der Waals surface area contributed by atoms with E-state index in [2.05, 4.69) is 15.3 Å². The molecule has 0 atom stereocenters. The van der Waals surface area contributed by atoms with Crippen molar-refractivity contribution in [2.45, 2.75) is 13.0 Å². The number of halogens is 2. The zero-order valence-electron chi connectivity index (χ0n) is 11.2. The van der Waals surface area contributed by atoms with Gasteiger partial charge in [0.2, 0.25) is 0 Å². The van der Waals surface area contributed by atoms with Gasteiger partial charge in [-0.05, 0) is 17.7 Å². The fraction of sp³-hybridized carbons (Fsp3) is 0.357. The standard InChI is InChI=1S/C14H17ClFN3O/c1-20-5-4-17-8-12-9-18-14(19-12)6-10-2-3-11(16)7-13(10)15/h2-3,7,9,17H,4-6,8H2,1H3,(H,18,19). The van der Waals surface area contributed by atoms with Crippen LogP contribution < -0.4 is 5.32 Å². The van der Waals surface area contributed by atoms with Crippen molar-refractivity contribution in [3.05, 3.63) is 52.3 Å². The Morgan fingerprint density at radius 1 is 1.45 bits per heavy atom. The van der Waals surface area contributed by atoms with Crippen LogP contribution in [0.4, 0.5) is 4.39 Å². The molecule has 4 nitrogen and oxygen atoms in total. The molecule has 0 aliphatic heterocycles. The zero-order chi connectivity index (χ0) is 14.4. The number of imidazole rings is 1. The monoisotopic (exact) mass is 297 g/mol. The molecular weight excluding hydrogens is 281 g/mol. The van der Waals surface area contributed by atoms with Gasteiger partial charge in [0.15, 0.2) is 0 Å². The molecule has 1 heterocycles. The van der Waals surface area contributed by atoms with Gasteiger partial charge in [0.25, 0.3) is 0 Å². The largest absolute Gasteiger partial charge is 0.383 e. The van der Waals surface area contributed by atoms with Crippen LogP contribution in [-0.2, 0) is 17.7 Å². The summed E-state index contributed by atoms with van der Waals surface area (Å²) in [5.41, 5.74) is 1.84. The molecule has 1 aromatic heterocycles. The van der Waals surface area contributed by atoms with Crippen molar-refractivity contribution in [1.29, 1.82) is 0 Å². The molecule has 6 heteroatoms. The van der Waals surface area contributed by atoms with E-state index in [1.165, 1.54) is 12.1 Å². The Kier molecular flexibility index (Phi) is 5.52. The van der Waals surface area contributed by atoms with Gasteiger partial charge in [0.1, 0.15) is 11.6 Å². The Labute approximate surface area is 122 Å². The highest BCUT2D eigenvalue weighted by Crippen LogP contribution is 2.19. The van der Waals surface area contributed by atoms with Crippen LogP contribution in [0.3, 0.4) is 0 Å². The van der Waals surface area contributed by atoms with Crippen molar-refractivity contribution in [2.24, 2.45) is 0 Å². The van der Waals surface area contributed by atoms with Crippen LogP contribution in [0.1, 0.15) is 17.1 Å². The second-order valence-corrected chi connectivity index (χ2v) is 4.84. The normalized spacial score (nSPS) is 10.9. The van der Waals surface area contributed by atoms with Gasteiger partial charge in [-0.2, -0.15) is 0 Å². The van der Waals surface area contributed by atoms with Crippen molar-refractivity contribution >= 4 is 11.6 Å². The average Bonchev–Trinajstić information content (AvgIpc) is 2.86. The Balaban J connectivity index is 1.92. The number of nitrogens with zero attached hydrogens (tertiary/aromatic N) is 1. The summed E-state index contributed by atoms with van der Waals surface area (Å²) in [7, 11) is 1.67. The summed E-state index contributed by atoms with van der Waals surface area (Å²) >= 11 is 6.00. The zero-order valence-corrected chi connectivity index (χ0v) is 12.0. The van der Waals surface area contributed by atoms with E-state index in [-0.39, 0.29) is 5.82 Å². The highest BCUT2D eigenvalue weighted by atomic mass is 35.5. The highest BCUT2D eigenvalue weighted by molar-refractivity contribution is 6.31. The Morgan fingerprint density at radius 2 is 2.30 bits per heavy atom. The van der Waals surface area contributed by atoms with Gasteiger partial charge in [-0.1, -0.05) is 17.7 Å². The number of hydrogen-bond acceptors (Lipinski definition) is 3. The topological polar surface area (TPSA) is 49.9 Å². The van der Waals surface area contributed by atoms with Gasteiger partial charge >= 0.3 is 0 Å². The van der Waals surface area contributed by atoms with E-state index in [1.54, 1.807) is 19.4 Å². The van der Waals surface area contributed by atoms with Crippen LogP contribution >= 0.6 is 11.6 Å². The second kappa shape index (κ2) is 7.38. The van der Waals surface area contributed by atoms with Crippen molar-refractivity contribution in [2.75, 3.05) is 20.3 Å². The van der Waals surface area contributed by atoms with Crippen molar-refractivity contribution in [1.82, 2.24) is 15.3 Å². The summed E-state index contributed by atoms with van der Waals surface area (Å²) in [4.78, 5) is 7.51. The van der Waals surface area contributed by atoms with E-state index < -0.39 is 0 Å². The summed E-state index contributed by atoms with van der Waals surface area (Å²) in [5, 5.41) is 3.64. The molecule has 2 aromatic rings. The number of aromatic nitrogens is 2. The average molecular weight is 298 g/mol. The lowest BCUT2D eigenvalue weighted by atomic mass is 10.1. The predicted octanol–water partition coefficient (Wildman–Crippen LogP) is 2.53. The molecular formula is C14H17ClFN3O. The van der Waals surface area contributed by atoms with Crippen LogP contribution in [-0.4, -0.2) is 30.2 Å². The number of aromatic amines is 1. The van der Waals surface area contributed by atoms with E-state index in [0.717, 1.165) is 23.6 Å². The van der Waals surface area contributed by atoms with Gasteiger partial charge in [0, 0.05) is 43.5 Å². The lowest BCUT2D eigenvalue weighted by Gasteiger charge is -2.03. The predicted molar refractivity (Wildman–Crippen MR) is 76.4 cm³/mol. The van der Waals surface area contributed by atoms with E-state index in [9.17, 15) is 4.39 Å². The number of benzene rings is 1. The van der Waals surface area contributed by atoms with Crippen LogP contribution in [0, 0.1) is 5.82 Å². The number of methoxy groups -OCH3 is 1. The first-order valence-electron chi connectivity index (χ1n) is 6.35. The van der Waals surface area contributed by atoms with Gasteiger partial charge < -0.3 is 15.0 Å². The molecule has 2 N–H and O–H groups in total. The summed E-state index contributed by atoms with van der Waals surface area (Å²) in [6.45, 7) is 2.16. The van der Waals surface area contributed by atoms with Gasteiger partial charge in [-0.25, -0.2) is 9.37 Å². The van der Waals surface area contributed by atoms with E-state index in [1.807, 2.05) is 0 Å². The molecule has 0 aliphatic rings. The minimum Gasteiger partial charge on any atom is -0.383 e. The molecule has 0 spiro atoms. The quantitative estimate of drug-likeness (QED) is 0.772. The summed E-state index contributed by atoms with van der Waals surface area (Å²) in [5.74, 6) is 0.475. The Morgan fingerprint density at radius 3 is 3.05 bits per heavy atom. The van der Waals surface area contributed by atoms with Crippen LogP contribution in [0.2, 0.25) is 5.02 Å². The summed E-state index contributed by atoms with van der Waals surface area (Å²) in [6.07, 6.45) is 2.34. The number of H-pyrrole nitrogens is 1. The molecule has 0 amide bonds. The van der Waals surface area contributed by atoms with E-state index >= 15 is 0 Å². The SMILES string of the molecule is COCCNCc1cnc(Cc2ccc(F)cc2Cl)[nH]1. The third-order valence-corrected chi connectivity index (χ3v) is 3.20. The molecule has 0 fully saturated rings. The summed E-state index contributed by atoms with van der Waals surface area (Å²) < 4.78 is 17.9. The molecule has 0 radical (unpaired) electrons. The van der Waals surface area contributed by atoms with Crippen LogP contribution in [0.5, 0.6) is 0 Å². The van der Waals surface area contributed by atoms with E-state index in [4.69, 9.17) is 16.3 Å². The molecule has 20 heavy (non-hydrogen) atoms. The number of ether oxygens (including phenoxy) is 1. The van der Waals surface area contributed by atoms with Crippen molar-refractivity contribution in [3.63, 3.8) is 0 Å². The first kappa shape index (κ1) is 15.0. The maximum absolute atomic E-state index is 13.0. The molecule has 0 bridgehead atoms. The number of nitrogens with one attached hydrogen (secondary N) is 2. The van der Waals surface area contributed by atoms with Crippen LogP contribution in [0.25, 0.3) is 0 Å². The molecule has 0 saturated heterocycles. The minimum absolute atomic E-state index is 0.332. The van der Waals surface area contributed by atoms with Crippen molar-refractivity contribution in [3.8, 4) is 0 Å². The smallest absolute Gasteiger partial charge is 0.124 e. The number of hydrogen-bond donors (Lipinski definition) is 2. The molecule has 0 unspecified atom stereocenters. The lowest BCUT2D eigenvalue weighted by Crippen LogP contribution is -2.18. The van der Waals surface area contributed by atoms with Gasteiger partial charge in [-0.15, -0.1) is 0 Å². The van der Waals surface area contributed by atoms with Gasteiger partial charge in [0.05, 0.1) is 6.61 Å². The molecule has 2 rings (SSSR count). The lowest BCUT2D eigenvalue weighted by molar-refractivity contribution is 0.199. The second-order valence-electron chi connectivity index (χ2n) is 4.44. The van der Waals surface area contributed by atoms with Gasteiger partial charge in [-0.3, -0.25) is 0 Å².